The third kappa shape index (κ3) is 2.77. The number of hydrogen-bond donors (Lipinski definition) is 1. The third-order valence-corrected chi connectivity index (χ3v) is 4.32. The molecule has 0 aliphatic heterocycles. The first-order chi connectivity index (χ1) is 10.7. The van der Waals surface area contributed by atoms with Gasteiger partial charge in [0.1, 0.15) is 4.88 Å². The number of carbonyl (C=O) groups is 1. The first-order valence-electron chi connectivity index (χ1n) is 6.96. The second-order valence-corrected chi connectivity index (χ2v) is 5.78. The van der Waals surface area contributed by atoms with Gasteiger partial charge in [-0.05, 0) is 18.6 Å². The molecular weight excluding hydrogens is 302 g/mol. The Hall–Kier alpha value is -2.48. The van der Waals surface area contributed by atoms with E-state index in [1.807, 2.05) is 13.0 Å². The van der Waals surface area contributed by atoms with Crippen molar-refractivity contribution in [1.29, 1.82) is 0 Å². The molecule has 0 aliphatic carbocycles. The summed E-state index contributed by atoms with van der Waals surface area (Å²) in [4.78, 5) is 28.8. The van der Waals surface area contributed by atoms with Crippen LogP contribution in [-0.4, -0.2) is 31.6 Å². The van der Waals surface area contributed by atoms with Crippen LogP contribution >= 0.6 is 11.3 Å². The zero-order valence-corrected chi connectivity index (χ0v) is 12.8. The van der Waals surface area contributed by atoms with Crippen LogP contribution in [-0.2, 0) is 13.0 Å². The molecule has 0 bridgehead atoms. The predicted molar refractivity (Wildman–Crippen MR) is 83.3 cm³/mol. The second-order valence-electron chi connectivity index (χ2n) is 4.66. The van der Waals surface area contributed by atoms with Crippen molar-refractivity contribution in [2.45, 2.75) is 19.9 Å². The van der Waals surface area contributed by atoms with Crippen LogP contribution in [0.4, 0.5) is 0 Å². The van der Waals surface area contributed by atoms with E-state index < -0.39 is 0 Å². The molecule has 3 aromatic heterocycles. The van der Waals surface area contributed by atoms with Crippen molar-refractivity contribution in [2.75, 3.05) is 6.54 Å². The Bertz CT molecular complexity index is 863. The van der Waals surface area contributed by atoms with Crippen molar-refractivity contribution >= 4 is 22.9 Å². The summed E-state index contributed by atoms with van der Waals surface area (Å²) in [6, 6.07) is 5.36. The highest BCUT2D eigenvalue weighted by Gasteiger charge is 2.10. The van der Waals surface area contributed by atoms with Crippen molar-refractivity contribution < 1.29 is 4.79 Å². The summed E-state index contributed by atoms with van der Waals surface area (Å²) in [5, 5.41) is 7.92. The van der Waals surface area contributed by atoms with Crippen molar-refractivity contribution in [3.8, 4) is 0 Å². The van der Waals surface area contributed by atoms with E-state index in [2.05, 4.69) is 15.4 Å². The van der Waals surface area contributed by atoms with Crippen LogP contribution in [0.25, 0.3) is 5.65 Å². The molecule has 0 atom stereocenters. The normalized spacial score (nSPS) is 11.0. The summed E-state index contributed by atoms with van der Waals surface area (Å²) in [6.07, 6.45) is 4.06. The number of thiazole rings is 1. The summed E-state index contributed by atoms with van der Waals surface area (Å²) < 4.78 is 2.82. The number of nitrogens with one attached hydrogen (secondary N) is 1. The van der Waals surface area contributed by atoms with Crippen LogP contribution in [0.15, 0.2) is 35.4 Å². The van der Waals surface area contributed by atoms with E-state index in [9.17, 15) is 9.59 Å². The number of fused-ring (bicyclic) bond motifs is 1. The van der Waals surface area contributed by atoms with Crippen LogP contribution in [0.5, 0.6) is 0 Å². The Morgan fingerprint density at radius 1 is 1.41 bits per heavy atom. The fourth-order valence-electron chi connectivity index (χ4n) is 2.05. The number of amides is 1. The maximum Gasteiger partial charge on any atom is 0.350 e. The first-order valence-corrected chi connectivity index (χ1v) is 7.78. The first kappa shape index (κ1) is 14.5. The highest BCUT2D eigenvalue weighted by Crippen LogP contribution is 2.12. The van der Waals surface area contributed by atoms with Gasteiger partial charge >= 0.3 is 5.69 Å². The maximum atomic E-state index is 12.1. The molecule has 114 valence electrons. The van der Waals surface area contributed by atoms with Crippen LogP contribution in [0.2, 0.25) is 0 Å². The van der Waals surface area contributed by atoms with Gasteiger partial charge in [-0.25, -0.2) is 14.5 Å². The van der Waals surface area contributed by atoms with Gasteiger partial charge in [0.25, 0.3) is 5.91 Å². The number of hydrogen-bond acceptors (Lipinski definition) is 5. The topological polar surface area (TPSA) is 81.3 Å². The smallest absolute Gasteiger partial charge is 0.349 e. The van der Waals surface area contributed by atoms with Gasteiger partial charge in [-0.3, -0.25) is 9.20 Å². The molecule has 0 aliphatic rings. The molecule has 0 spiro atoms. The number of nitrogens with zero attached hydrogens (tertiary/aromatic N) is 4. The Morgan fingerprint density at radius 2 is 2.27 bits per heavy atom. The van der Waals surface area contributed by atoms with Crippen LogP contribution in [0, 0.1) is 0 Å². The summed E-state index contributed by atoms with van der Waals surface area (Å²) in [5.41, 5.74) is 0.379. The van der Waals surface area contributed by atoms with Crippen LogP contribution in [0.3, 0.4) is 0 Å². The van der Waals surface area contributed by atoms with Gasteiger partial charge in [0.05, 0.1) is 17.7 Å². The molecule has 7 nitrogen and oxygen atoms in total. The highest BCUT2D eigenvalue weighted by molar-refractivity contribution is 7.13. The molecule has 0 aromatic carbocycles. The summed E-state index contributed by atoms with van der Waals surface area (Å²) in [6.45, 7) is 2.66. The lowest BCUT2D eigenvalue weighted by atomic mass is 10.5. The molecular formula is C14H15N5O2S. The van der Waals surface area contributed by atoms with E-state index in [0.29, 0.717) is 23.6 Å². The van der Waals surface area contributed by atoms with Crippen molar-refractivity contribution in [3.05, 3.63) is 51.0 Å². The zero-order chi connectivity index (χ0) is 15.5. The highest BCUT2D eigenvalue weighted by atomic mass is 32.1. The van der Waals surface area contributed by atoms with E-state index in [-0.39, 0.29) is 11.6 Å². The molecule has 1 amide bonds. The van der Waals surface area contributed by atoms with Crippen molar-refractivity contribution in [2.24, 2.45) is 0 Å². The van der Waals surface area contributed by atoms with Crippen molar-refractivity contribution in [3.63, 3.8) is 0 Å². The number of aryl methyl sites for hydroxylation is 1. The lowest BCUT2D eigenvalue weighted by Gasteiger charge is -2.02. The quantitative estimate of drug-likeness (QED) is 0.759. The zero-order valence-electron chi connectivity index (χ0n) is 12.0. The van der Waals surface area contributed by atoms with Gasteiger partial charge in [0.15, 0.2) is 5.65 Å². The summed E-state index contributed by atoms with van der Waals surface area (Å²) in [5.74, 6) is -0.172. The van der Waals surface area contributed by atoms with Crippen LogP contribution < -0.4 is 11.0 Å². The fourth-order valence-corrected chi connectivity index (χ4v) is 2.83. The molecule has 0 saturated carbocycles. The molecule has 1 N–H and O–H groups in total. The SMILES string of the molecule is CCc1ncc(C(=O)NCCn2nc3ccccn3c2=O)s1. The minimum Gasteiger partial charge on any atom is -0.349 e. The third-order valence-electron chi connectivity index (χ3n) is 3.18. The average molecular weight is 317 g/mol. The van der Waals surface area contributed by atoms with E-state index in [4.69, 9.17) is 0 Å². The van der Waals surface area contributed by atoms with Gasteiger partial charge in [0, 0.05) is 12.7 Å². The Balaban J connectivity index is 1.63. The monoisotopic (exact) mass is 317 g/mol. The average Bonchev–Trinajstić information content (AvgIpc) is 3.13. The van der Waals surface area contributed by atoms with Crippen molar-refractivity contribution in [1.82, 2.24) is 24.5 Å². The maximum absolute atomic E-state index is 12.1. The lowest BCUT2D eigenvalue weighted by molar-refractivity contribution is 0.0955. The molecule has 8 heteroatoms. The largest absolute Gasteiger partial charge is 0.350 e. The van der Waals surface area contributed by atoms with E-state index in [1.54, 1.807) is 24.5 Å². The molecule has 0 radical (unpaired) electrons. The van der Waals surface area contributed by atoms with Crippen LogP contribution in [0.1, 0.15) is 21.6 Å². The van der Waals surface area contributed by atoms with E-state index in [0.717, 1.165) is 11.4 Å². The standard InChI is InChI=1S/C14H15N5O2S/c1-2-12-16-9-10(22-12)13(20)15-6-8-19-14(21)18-7-4-3-5-11(18)17-19/h3-5,7,9H,2,6,8H2,1H3,(H,15,20). The Labute approximate surface area is 130 Å². The summed E-state index contributed by atoms with van der Waals surface area (Å²) >= 11 is 1.38. The van der Waals surface area contributed by atoms with Gasteiger partial charge < -0.3 is 5.32 Å². The fraction of sp³-hybridized carbons (Fsp3) is 0.286. The number of carbonyl (C=O) groups excluding carboxylic acids is 1. The Morgan fingerprint density at radius 3 is 3.00 bits per heavy atom. The van der Waals surface area contributed by atoms with Gasteiger partial charge in [-0.1, -0.05) is 13.0 Å². The summed E-state index contributed by atoms with van der Waals surface area (Å²) in [7, 11) is 0. The number of pyridine rings is 1. The van der Waals surface area contributed by atoms with Gasteiger partial charge in [-0.2, -0.15) is 0 Å². The van der Waals surface area contributed by atoms with Gasteiger partial charge in [-0.15, -0.1) is 16.4 Å². The molecule has 3 rings (SSSR count). The van der Waals surface area contributed by atoms with E-state index in [1.165, 1.54) is 20.4 Å². The second kappa shape index (κ2) is 6.10. The molecule has 0 fully saturated rings. The van der Waals surface area contributed by atoms with E-state index >= 15 is 0 Å². The molecule has 22 heavy (non-hydrogen) atoms. The molecule has 0 saturated heterocycles. The minimum atomic E-state index is -0.212. The lowest BCUT2D eigenvalue weighted by Crippen LogP contribution is -2.30. The molecule has 3 heterocycles. The Kier molecular flexibility index (Phi) is 4.01. The molecule has 3 aromatic rings. The molecule has 0 unspecified atom stereocenters. The predicted octanol–water partition coefficient (Wildman–Crippen LogP) is 0.945. The number of rotatable bonds is 5. The van der Waals surface area contributed by atoms with Gasteiger partial charge in [0.2, 0.25) is 0 Å². The minimum absolute atomic E-state index is 0.172. The number of aromatic nitrogens is 4.